The fourth-order valence-corrected chi connectivity index (χ4v) is 5.69. The van der Waals surface area contributed by atoms with Crippen LogP contribution >= 0.6 is 0 Å². The van der Waals surface area contributed by atoms with Crippen molar-refractivity contribution in [2.75, 3.05) is 32.7 Å². The van der Waals surface area contributed by atoms with Crippen molar-refractivity contribution in [2.45, 2.75) is 50.5 Å². The molecule has 2 atom stereocenters. The summed E-state index contributed by atoms with van der Waals surface area (Å²) >= 11 is 0. The Labute approximate surface area is 168 Å². The number of pyridine rings is 1. The number of piperidine rings is 2. The van der Waals surface area contributed by atoms with Crippen LogP contribution < -0.4 is 5.32 Å². The number of hydrogen-bond donors (Lipinski definition) is 1. The van der Waals surface area contributed by atoms with Crippen LogP contribution in [0.2, 0.25) is 0 Å². The number of nitrogens with one attached hydrogen (secondary N) is 1. The summed E-state index contributed by atoms with van der Waals surface area (Å²) in [5.74, 6) is 0.654. The van der Waals surface area contributed by atoms with E-state index >= 15 is 0 Å². The minimum atomic E-state index is -3.53. The number of hydrogen-bond acceptors (Lipinski definition) is 5. The van der Waals surface area contributed by atoms with Crippen LogP contribution in [0.4, 0.5) is 0 Å². The molecule has 0 aromatic carbocycles. The summed E-state index contributed by atoms with van der Waals surface area (Å²) < 4.78 is 26.8. The largest absolute Gasteiger partial charge is 0.352 e. The number of sulfonamides is 1. The van der Waals surface area contributed by atoms with Gasteiger partial charge >= 0.3 is 0 Å². The van der Waals surface area contributed by atoms with Gasteiger partial charge in [-0.3, -0.25) is 9.78 Å². The highest BCUT2D eigenvalue weighted by molar-refractivity contribution is 7.89. The standard InChI is InChI=1S/C20H32N4O3S/c1-16-5-4-10-23(14-16)15-17(2)22-20(25)18-7-11-24(12-8-18)28(26,27)19-6-3-9-21-13-19/h3,6,9,13,16-18H,4-5,7-8,10-12,14-15H2,1-2H3,(H,22,25)/t16-,17+/m1/s1. The summed E-state index contributed by atoms with van der Waals surface area (Å²) in [5, 5.41) is 3.14. The van der Waals surface area contributed by atoms with Crippen molar-refractivity contribution in [1.82, 2.24) is 19.5 Å². The molecule has 3 rings (SSSR count). The second-order valence-electron chi connectivity index (χ2n) is 8.28. The Morgan fingerprint density at radius 1 is 1.29 bits per heavy atom. The van der Waals surface area contributed by atoms with Gasteiger partial charge in [0.1, 0.15) is 4.90 Å². The maximum absolute atomic E-state index is 12.7. The van der Waals surface area contributed by atoms with E-state index in [1.165, 1.54) is 23.3 Å². The Bertz CT molecular complexity index is 748. The van der Waals surface area contributed by atoms with Gasteiger partial charge in [0, 0.05) is 50.5 Å². The van der Waals surface area contributed by atoms with E-state index < -0.39 is 10.0 Å². The minimum absolute atomic E-state index is 0.0518. The van der Waals surface area contributed by atoms with E-state index in [2.05, 4.69) is 29.0 Å². The maximum atomic E-state index is 12.7. The number of amides is 1. The summed E-state index contributed by atoms with van der Waals surface area (Å²) in [5.41, 5.74) is 0. The quantitative estimate of drug-likeness (QED) is 0.775. The molecule has 8 heteroatoms. The molecule has 0 radical (unpaired) electrons. The zero-order chi connectivity index (χ0) is 20.1. The predicted octanol–water partition coefficient (Wildman–Crippen LogP) is 1.72. The van der Waals surface area contributed by atoms with Crippen molar-refractivity contribution >= 4 is 15.9 Å². The molecule has 1 aromatic rings. The van der Waals surface area contributed by atoms with E-state index in [1.54, 1.807) is 18.3 Å². The lowest BCUT2D eigenvalue weighted by atomic mass is 9.96. The third-order valence-corrected chi connectivity index (χ3v) is 7.64. The first kappa shape index (κ1) is 21.2. The molecule has 156 valence electrons. The van der Waals surface area contributed by atoms with Gasteiger partial charge in [0.2, 0.25) is 15.9 Å². The van der Waals surface area contributed by atoms with Gasteiger partial charge < -0.3 is 10.2 Å². The van der Waals surface area contributed by atoms with E-state index in [0.29, 0.717) is 25.9 Å². The van der Waals surface area contributed by atoms with Crippen LogP contribution in [0.5, 0.6) is 0 Å². The monoisotopic (exact) mass is 408 g/mol. The Kier molecular flexibility index (Phi) is 7.06. The molecule has 0 unspecified atom stereocenters. The Morgan fingerprint density at radius 3 is 2.68 bits per heavy atom. The third kappa shape index (κ3) is 5.30. The third-order valence-electron chi connectivity index (χ3n) is 5.76. The molecule has 2 saturated heterocycles. The van der Waals surface area contributed by atoms with Crippen LogP contribution in [0.1, 0.15) is 39.5 Å². The topological polar surface area (TPSA) is 82.6 Å². The van der Waals surface area contributed by atoms with Crippen molar-refractivity contribution in [2.24, 2.45) is 11.8 Å². The zero-order valence-electron chi connectivity index (χ0n) is 16.9. The Hall–Kier alpha value is -1.51. The number of rotatable bonds is 6. The molecule has 1 amide bonds. The van der Waals surface area contributed by atoms with Crippen LogP contribution in [0.25, 0.3) is 0 Å². The van der Waals surface area contributed by atoms with E-state index in [9.17, 15) is 13.2 Å². The fourth-order valence-electron chi connectivity index (χ4n) is 4.25. The number of aromatic nitrogens is 1. The van der Waals surface area contributed by atoms with Crippen LogP contribution in [0.15, 0.2) is 29.4 Å². The van der Waals surface area contributed by atoms with Crippen LogP contribution in [-0.4, -0.2) is 67.3 Å². The molecule has 28 heavy (non-hydrogen) atoms. The van der Waals surface area contributed by atoms with Crippen molar-refractivity contribution in [3.8, 4) is 0 Å². The second-order valence-corrected chi connectivity index (χ2v) is 10.2. The summed E-state index contributed by atoms with van der Waals surface area (Å²) in [6.07, 6.45) is 6.56. The van der Waals surface area contributed by atoms with E-state index in [-0.39, 0.29) is 22.8 Å². The lowest BCUT2D eigenvalue weighted by Gasteiger charge is -2.34. The molecule has 0 saturated carbocycles. The Morgan fingerprint density at radius 2 is 2.04 bits per heavy atom. The molecule has 0 spiro atoms. The molecular formula is C20H32N4O3S. The summed E-state index contributed by atoms with van der Waals surface area (Å²) in [6, 6.07) is 3.29. The van der Waals surface area contributed by atoms with Crippen molar-refractivity contribution in [3.63, 3.8) is 0 Å². The molecule has 3 heterocycles. The highest BCUT2D eigenvalue weighted by Crippen LogP contribution is 2.23. The first-order valence-corrected chi connectivity index (χ1v) is 11.7. The first-order chi connectivity index (χ1) is 13.4. The Balaban J connectivity index is 1.47. The minimum Gasteiger partial charge on any atom is -0.352 e. The van der Waals surface area contributed by atoms with Gasteiger partial charge in [-0.2, -0.15) is 4.31 Å². The molecular weight excluding hydrogens is 376 g/mol. The molecule has 2 aliphatic rings. The summed E-state index contributed by atoms with van der Waals surface area (Å²) in [4.78, 5) is 19.2. The van der Waals surface area contributed by atoms with Crippen LogP contribution in [-0.2, 0) is 14.8 Å². The van der Waals surface area contributed by atoms with Crippen LogP contribution in [0.3, 0.4) is 0 Å². The van der Waals surface area contributed by atoms with Crippen molar-refractivity contribution in [1.29, 1.82) is 0 Å². The second kappa shape index (κ2) is 9.33. The molecule has 1 aromatic heterocycles. The van der Waals surface area contributed by atoms with E-state index in [1.807, 2.05) is 0 Å². The van der Waals surface area contributed by atoms with Crippen LogP contribution in [0, 0.1) is 11.8 Å². The number of likely N-dealkylation sites (tertiary alicyclic amines) is 1. The van der Waals surface area contributed by atoms with Gasteiger partial charge in [0.25, 0.3) is 0 Å². The molecule has 2 fully saturated rings. The average molecular weight is 409 g/mol. The average Bonchev–Trinajstić information content (AvgIpc) is 2.68. The van der Waals surface area contributed by atoms with E-state index in [0.717, 1.165) is 25.6 Å². The zero-order valence-corrected chi connectivity index (χ0v) is 17.7. The van der Waals surface area contributed by atoms with Crippen molar-refractivity contribution < 1.29 is 13.2 Å². The lowest BCUT2D eigenvalue weighted by molar-refractivity contribution is -0.126. The van der Waals surface area contributed by atoms with Gasteiger partial charge in [-0.05, 0) is 57.2 Å². The number of nitrogens with zero attached hydrogens (tertiary/aromatic N) is 3. The van der Waals surface area contributed by atoms with Gasteiger partial charge in [-0.15, -0.1) is 0 Å². The number of carbonyl (C=O) groups is 1. The summed E-state index contributed by atoms with van der Waals surface area (Å²) in [6.45, 7) is 8.16. The molecule has 0 bridgehead atoms. The van der Waals surface area contributed by atoms with Gasteiger partial charge in [-0.1, -0.05) is 6.92 Å². The van der Waals surface area contributed by atoms with Gasteiger partial charge in [0.15, 0.2) is 0 Å². The van der Waals surface area contributed by atoms with Crippen molar-refractivity contribution in [3.05, 3.63) is 24.5 Å². The SMILES string of the molecule is C[C@@H]1CCCN(C[C@H](C)NC(=O)C2CCN(S(=O)(=O)c3cccnc3)CC2)C1. The summed E-state index contributed by atoms with van der Waals surface area (Å²) in [7, 11) is -3.53. The molecule has 2 aliphatic heterocycles. The fraction of sp³-hybridized carbons (Fsp3) is 0.700. The molecule has 1 N–H and O–H groups in total. The number of carbonyl (C=O) groups excluding carboxylic acids is 1. The highest BCUT2D eigenvalue weighted by Gasteiger charge is 2.32. The smallest absolute Gasteiger partial charge is 0.244 e. The first-order valence-electron chi connectivity index (χ1n) is 10.3. The van der Waals surface area contributed by atoms with E-state index in [4.69, 9.17) is 0 Å². The maximum Gasteiger partial charge on any atom is 0.244 e. The molecule has 0 aliphatic carbocycles. The predicted molar refractivity (Wildman–Crippen MR) is 108 cm³/mol. The highest BCUT2D eigenvalue weighted by atomic mass is 32.2. The molecule has 7 nitrogen and oxygen atoms in total. The normalized spacial score (nSPS) is 24.0. The lowest BCUT2D eigenvalue weighted by Crippen LogP contribution is -2.48. The van der Waals surface area contributed by atoms with Gasteiger partial charge in [-0.25, -0.2) is 8.42 Å². The van der Waals surface area contributed by atoms with Gasteiger partial charge in [0.05, 0.1) is 0 Å².